The summed E-state index contributed by atoms with van der Waals surface area (Å²) in [7, 11) is 0. The molecule has 1 saturated heterocycles. The second-order valence-electron chi connectivity index (χ2n) is 8.27. The summed E-state index contributed by atoms with van der Waals surface area (Å²) < 4.78 is 39.6. The first-order chi connectivity index (χ1) is 16.3. The molecule has 2 N–H and O–H groups in total. The Kier molecular flexibility index (Phi) is 7.04. The number of nitrogens with zero attached hydrogens (tertiary/aromatic N) is 2. The number of alkyl halides is 3. The molecule has 0 saturated carbocycles. The number of likely N-dealkylation sites (tertiary alicyclic amines) is 1. The van der Waals surface area contributed by atoms with Crippen LogP contribution in [0.4, 0.5) is 18.9 Å². The van der Waals surface area contributed by atoms with E-state index in [0.29, 0.717) is 32.4 Å². The van der Waals surface area contributed by atoms with Crippen LogP contribution in [-0.4, -0.2) is 48.1 Å². The molecule has 2 aliphatic heterocycles. The Bertz CT molecular complexity index is 1050. The number of rotatable bonds is 6. The summed E-state index contributed by atoms with van der Waals surface area (Å²) in [6.45, 7) is 0.601. The normalized spacial score (nSPS) is 18.7. The van der Waals surface area contributed by atoms with Crippen molar-refractivity contribution in [3.63, 3.8) is 0 Å². The van der Waals surface area contributed by atoms with Gasteiger partial charge in [0.15, 0.2) is 6.10 Å². The number of piperidine rings is 1. The molecule has 0 aliphatic carbocycles. The smallest absolute Gasteiger partial charge is 0.387 e. The number of hydrogen-bond donors (Lipinski definition) is 2. The second kappa shape index (κ2) is 10.1. The van der Waals surface area contributed by atoms with E-state index in [1.54, 1.807) is 11.0 Å². The number of benzene rings is 2. The molecule has 1 fully saturated rings. The van der Waals surface area contributed by atoms with Gasteiger partial charge in [-0.1, -0.05) is 47.6 Å². The molecule has 0 spiro atoms. The van der Waals surface area contributed by atoms with Gasteiger partial charge in [0.2, 0.25) is 5.91 Å². The van der Waals surface area contributed by atoms with Gasteiger partial charge in [-0.05, 0) is 30.5 Å². The van der Waals surface area contributed by atoms with Crippen molar-refractivity contribution in [2.24, 2.45) is 5.16 Å². The average molecular weight is 474 g/mol. The molecule has 2 amide bonds. The van der Waals surface area contributed by atoms with Crippen LogP contribution in [0.5, 0.6) is 0 Å². The van der Waals surface area contributed by atoms with E-state index < -0.39 is 17.6 Å². The highest BCUT2D eigenvalue weighted by Gasteiger charge is 2.34. The maximum Gasteiger partial charge on any atom is 0.418 e. The third-order valence-corrected chi connectivity index (χ3v) is 5.94. The summed E-state index contributed by atoms with van der Waals surface area (Å²) in [6, 6.07) is 14.6. The van der Waals surface area contributed by atoms with Gasteiger partial charge in [-0.3, -0.25) is 9.59 Å². The van der Waals surface area contributed by atoms with Gasteiger partial charge in [0.25, 0.3) is 5.91 Å². The number of anilines is 1. The lowest BCUT2D eigenvalue weighted by Crippen LogP contribution is -2.47. The van der Waals surface area contributed by atoms with Gasteiger partial charge in [-0.25, -0.2) is 0 Å². The van der Waals surface area contributed by atoms with E-state index in [9.17, 15) is 22.8 Å². The minimum Gasteiger partial charge on any atom is -0.387 e. The lowest BCUT2D eigenvalue weighted by Gasteiger charge is -2.33. The molecule has 1 atom stereocenters. The van der Waals surface area contributed by atoms with Gasteiger partial charge in [-0.2, -0.15) is 13.2 Å². The van der Waals surface area contributed by atoms with Crippen molar-refractivity contribution >= 4 is 23.2 Å². The van der Waals surface area contributed by atoms with Crippen LogP contribution in [0.3, 0.4) is 0 Å². The zero-order valence-corrected chi connectivity index (χ0v) is 18.3. The van der Waals surface area contributed by atoms with E-state index in [2.05, 4.69) is 15.8 Å². The third kappa shape index (κ3) is 5.67. The Morgan fingerprint density at radius 3 is 2.41 bits per heavy atom. The number of carbonyl (C=O) groups is 2. The van der Waals surface area contributed by atoms with Crippen molar-refractivity contribution in [1.82, 2.24) is 10.2 Å². The van der Waals surface area contributed by atoms with Crippen LogP contribution < -0.4 is 10.6 Å². The quantitative estimate of drug-likeness (QED) is 0.668. The first-order valence-corrected chi connectivity index (χ1v) is 11.1. The number of para-hydroxylation sites is 1. The monoisotopic (exact) mass is 474 g/mol. The summed E-state index contributed by atoms with van der Waals surface area (Å²) >= 11 is 0. The lowest BCUT2D eigenvalue weighted by atomic mass is 10.0. The first kappa shape index (κ1) is 23.6. The predicted octanol–water partition coefficient (Wildman–Crippen LogP) is 3.74. The largest absolute Gasteiger partial charge is 0.418 e. The predicted molar refractivity (Wildman–Crippen MR) is 120 cm³/mol. The highest BCUT2D eigenvalue weighted by molar-refractivity contribution is 6.39. The van der Waals surface area contributed by atoms with Crippen molar-refractivity contribution < 1.29 is 27.6 Å². The SMILES string of the molecule is O=C(NCC(=O)N1CCC(Nc2ccccc2C(F)(F)F)CC1)C1=NOC(c2ccccc2)C1. The highest BCUT2D eigenvalue weighted by Crippen LogP contribution is 2.35. The molecule has 1 unspecified atom stereocenters. The number of nitrogens with one attached hydrogen (secondary N) is 2. The lowest BCUT2D eigenvalue weighted by molar-refractivity contribution is -0.137. The van der Waals surface area contributed by atoms with Crippen LogP contribution in [0.15, 0.2) is 59.8 Å². The van der Waals surface area contributed by atoms with Crippen LogP contribution >= 0.6 is 0 Å². The van der Waals surface area contributed by atoms with E-state index in [0.717, 1.165) is 11.6 Å². The zero-order valence-electron chi connectivity index (χ0n) is 18.3. The van der Waals surface area contributed by atoms with Crippen LogP contribution in [-0.2, 0) is 20.6 Å². The van der Waals surface area contributed by atoms with Crippen LogP contribution in [0.2, 0.25) is 0 Å². The maximum absolute atomic E-state index is 13.2. The number of amides is 2. The van der Waals surface area contributed by atoms with Crippen LogP contribution in [0.1, 0.15) is 36.5 Å². The van der Waals surface area contributed by atoms with Crippen molar-refractivity contribution in [1.29, 1.82) is 0 Å². The number of oxime groups is 1. The van der Waals surface area contributed by atoms with E-state index in [1.165, 1.54) is 12.1 Å². The minimum absolute atomic E-state index is 0.0420. The fourth-order valence-electron chi connectivity index (χ4n) is 4.08. The topological polar surface area (TPSA) is 83.0 Å². The molecule has 10 heteroatoms. The number of halogens is 3. The average Bonchev–Trinajstić information content (AvgIpc) is 3.34. The van der Waals surface area contributed by atoms with E-state index in [4.69, 9.17) is 4.84 Å². The van der Waals surface area contributed by atoms with Gasteiger partial charge in [0.1, 0.15) is 5.71 Å². The summed E-state index contributed by atoms with van der Waals surface area (Å²) in [5.74, 6) is -0.700. The Morgan fingerprint density at radius 1 is 1.03 bits per heavy atom. The molecule has 0 aromatic heterocycles. The fraction of sp³-hybridized carbons (Fsp3) is 0.375. The first-order valence-electron chi connectivity index (χ1n) is 11.1. The molecule has 2 aromatic carbocycles. The summed E-state index contributed by atoms with van der Waals surface area (Å²) in [6.07, 6.45) is -3.43. The van der Waals surface area contributed by atoms with Crippen molar-refractivity contribution in [2.45, 2.75) is 37.6 Å². The minimum atomic E-state index is -4.44. The number of hydrogen-bond acceptors (Lipinski definition) is 5. The van der Waals surface area contributed by atoms with Gasteiger partial charge in [0, 0.05) is 31.2 Å². The number of carbonyl (C=O) groups excluding carboxylic acids is 2. The Hall–Kier alpha value is -3.56. The Balaban J connectivity index is 1.21. The Morgan fingerprint density at radius 2 is 1.71 bits per heavy atom. The van der Waals surface area contributed by atoms with Crippen LogP contribution in [0.25, 0.3) is 0 Å². The highest BCUT2D eigenvalue weighted by atomic mass is 19.4. The van der Waals surface area contributed by atoms with E-state index in [-0.39, 0.29) is 36.0 Å². The molecule has 0 bridgehead atoms. The van der Waals surface area contributed by atoms with Gasteiger partial charge >= 0.3 is 6.18 Å². The second-order valence-corrected chi connectivity index (χ2v) is 8.27. The summed E-state index contributed by atoms with van der Waals surface area (Å²) in [4.78, 5) is 31.9. The van der Waals surface area contributed by atoms with Crippen molar-refractivity contribution in [3.05, 3.63) is 65.7 Å². The molecular formula is C24H25F3N4O3. The molecule has 2 heterocycles. The molecule has 2 aliphatic rings. The molecule has 2 aromatic rings. The van der Waals surface area contributed by atoms with Crippen molar-refractivity contribution in [3.8, 4) is 0 Å². The fourth-order valence-corrected chi connectivity index (χ4v) is 4.08. The zero-order chi connectivity index (χ0) is 24.1. The third-order valence-electron chi connectivity index (χ3n) is 5.94. The maximum atomic E-state index is 13.2. The van der Waals surface area contributed by atoms with Crippen LogP contribution in [0, 0.1) is 0 Å². The van der Waals surface area contributed by atoms with Crippen molar-refractivity contribution in [2.75, 3.05) is 25.0 Å². The molecule has 4 rings (SSSR count). The molecule has 34 heavy (non-hydrogen) atoms. The van der Waals surface area contributed by atoms with Gasteiger partial charge in [-0.15, -0.1) is 0 Å². The molecule has 7 nitrogen and oxygen atoms in total. The molecular weight excluding hydrogens is 449 g/mol. The summed E-state index contributed by atoms with van der Waals surface area (Å²) in [5.41, 5.74) is 0.484. The Labute approximate surface area is 194 Å². The summed E-state index contributed by atoms with van der Waals surface area (Å²) in [5, 5.41) is 9.40. The van der Waals surface area contributed by atoms with Gasteiger partial charge in [0.05, 0.1) is 12.1 Å². The standard InChI is InChI=1S/C24H25F3N4O3/c25-24(26,27)18-8-4-5-9-19(18)29-17-10-12-31(13-11-17)22(32)15-28-23(33)20-14-21(34-30-20)16-6-2-1-3-7-16/h1-9,17,21,29H,10-15H2,(H,28,33). The molecule has 180 valence electrons. The van der Waals surface area contributed by atoms with E-state index >= 15 is 0 Å². The van der Waals surface area contributed by atoms with E-state index in [1.807, 2.05) is 30.3 Å². The molecule has 0 radical (unpaired) electrons. The van der Waals surface area contributed by atoms with Gasteiger partial charge < -0.3 is 20.4 Å².